The molecule has 1 aromatic carbocycles. The molecule has 2 heterocycles. The average molecular weight is 400 g/mol. The van der Waals surface area contributed by atoms with Crippen LogP contribution in [0.25, 0.3) is 10.6 Å². The summed E-state index contributed by atoms with van der Waals surface area (Å²) in [6, 6.07) is 9.96. The van der Waals surface area contributed by atoms with E-state index in [9.17, 15) is 9.59 Å². The first-order chi connectivity index (χ1) is 13.7. The molecule has 2 aromatic rings. The van der Waals surface area contributed by atoms with Crippen LogP contribution in [0.1, 0.15) is 18.5 Å². The molecule has 2 fully saturated rings. The van der Waals surface area contributed by atoms with E-state index in [1.165, 1.54) is 12.8 Å². The number of nitrogens with zero attached hydrogens (tertiary/aromatic N) is 2. The highest BCUT2D eigenvalue weighted by Gasteiger charge is 2.29. The summed E-state index contributed by atoms with van der Waals surface area (Å²) in [7, 11) is 0. The van der Waals surface area contributed by atoms with Crippen LogP contribution in [0, 0.1) is 11.8 Å². The van der Waals surface area contributed by atoms with Gasteiger partial charge in [0.2, 0.25) is 11.8 Å². The van der Waals surface area contributed by atoms with E-state index in [4.69, 9.17) is 4.74 Å². The summed E-state index contributed by atoms with van der Waals surface area (Å²) in [4.78, 5) is 31.6. The van der Waals surface area contributed by atoms with Gasteiger partial charge in [0, 0.05) is 30.6 Å². The van der Waals surface area contributed by atoms with Crippen molar-refractivity contribution in [1.29, 1.82) is 0 Å². The Morgan fingerprint density at radius 1 is 1.25 bits per heavy atom. The van der Waals surface area contributed by atoms with E-state index in [0.29, 0.717) is 32.2 Å². The summed E-state index contributed by atoms with van der Waals surface area (Å²) >= 11 is 1.55. The minimum Gasteiger partial charge on any atom is -0.379 e. The zero-order valence-electron chi connectivity index (χ0n) is 15.8. The Kier molecular flexibility index (Phi) is 6.02. The van der Waals surface area contributed by atoms with Gasteiger partial charge in [-0.2, -0.15) is 0 Å². The second kappa shape index (κ2) is 8.84. The Balaban J connectivity index is 1.35. The molecule has 2 aliphatic rings. The minimum atomic E-state index is -0.305. The van der Waals surface area contributed by atoms with Crippen molar-refractivity contribution in [2.24, 2.45) is 11.8 Å². The van der Waals surface area contributed by atoms with Crippen molar-refractivity contribution in [3.63, 3.8) is 0 Å². The lowest BCUT2D eigenvalue weighted by Gasteiger charge is -2.23. The summed E-state index contributed by atoms with van der Waals surface area (Å²) in [5.74, 6) is 0.319. The van der Waals surface area contributed by atoms with Crippen molar-refractivity contribution in [3.8, 4) is 10.6 Å². The van der Waals surface area contributed by atoms with Crippen molar-refractivity contribution in [1.82, 2.24) is 15.2 Å². The van der Waals surface area contributed by atoms with Crippen molar-refractivity contribution >= 4 is 23.2 Å². The van der Waals surface area contributed by atoms with Crippen molar-refractivity contribution in [2.45, 2.75) is 19.3 Å². The van der Waals surface area contributed by atoms with Gasteiger partial charge in [0.1, 0.15) is 5.01 Å². The first-order valence-corrected chi connectivity index (χ1v) is 10.7. The van der Waals surface area contributed by atoms with E-state index in [0.717, 1.165) is 22.8 Å². The second-order valence-electron chi connectivity index (χ2n) is 7.49. The smallest absolute Gasteiger partial charge is 0.228 e. The highest BCUT2D eigenvalue weighted by Crippen LogP contribution is 2.27. The molecule has 1 aliphatic heterocycles. The van der Waals surface area contributed by atoms with E-state index in [2.05, 4.69) is 10.3 Å². The number of ether oxygens (including phenoxy) is 1. The molecule has 2 amide bonds. The number of thiazole rings is 1. The fourth-order valence-electron chi connectivity index (χ4n) is 3.27. The maximum Gasteiger partial charge on any atom is 0.228 e. The van der Waals surface area contributed by atoms with E-state index < -0.39 is 0 Å². The highest BCUT2D eigenvalue weighted by molar-refractivity contribution is 7.13. The molecule has 1 saturated carbocycles. The lowest BCUT2D eigenvalue weighted by molar-refractivity contribution is -0.132. The van der Waals surface area contributed by atoms with Gasteiger partial charge in [-0.05, 0) is 18.8 Å². The van der Waals surface area contributed by atoms with Crippen molar-refractivity contribution < 1.29 is 14.3 Å². The normalized spacial score (nSPS) is 19.9. The molecule has 1 aromatic heterocycles. The number of hydrogen-bond donors (Lipinski definition) is 1. The Hall–Kier alpha value is -2.25. The van der Waals surface area contributed by atoms with Crippen LogP contribution in [0.5, 0.6) is 0 Å². The van der Waals surface area contributed by atoms with Crippen molar-refractivity contribution in [2.75, 3.05) is 32.8 Å². The van der Waals surface area contributed by atoms with E-state index in [-0.39, 0.29) is 24.2 Å². The molecule has 1 atom stereocenters. The number of nitrogens with one attached hydrogen (secondary N) is 1. The summed E-state index contributed by atoms with van der Waals surface area (Å²) in [6.45, 7) is 2.50. The molecular weight excluding hydrogens is 374 g/mol. The summed E-state index contributed by atoms with van der Waals surface area (Å²) in [5, 5.41) is 5.86. The van der Waals surface area contributed by atoms with Crippen LogP contribution >= 0.6 is 11.3 Å². The molecule has 1 aliphatic carbocycles. The Morgan fingerprint density at radius 2 is 2.07 bits per heavy atom. The third kappa shape index (κ3) is 4.97. The van der Waals surface area contributed by atoms with Crippen LogP contribution in [0.3, 0.4) is 0 Å². The van der Waals surface area contributed by atoms with Gasteiger partial charge in [0.15, 0.2) is 0 Å². The van der Waals surface area contributed by atoms with Crippen LogP contribution in [0.4, 0.5) is 0 Å². The quantitative estimate of drug-likeness (QED) is 0.809. The van der Waals surface area contributed by atoms with Gasteiger partial charge in [-0.3, -0.25) is 9.59 Å². The van der Waals surface area contributed by atoms with E-state index >= 15 is 0 Å². The van der Waals surface area contributed by atoms with Crippen LogP contribution in [0.2, 0.25) is 0 Å². The highest BCUT2D eigenvalue weighted by atomic mass is 32.1. The molecule has 148 valence electrons. The first kappa shape index (κ1) is 19.1. The number of benzene rings is 1. The minimum absolute atomic E-state index is 0.00426. The first-order valence-electron chi connectivity index (χ1n) is 9.82. The number of hydrogen-bond acceptors (Lipinski definition) is 5. The maximum atomic E-state index is 12.8. The van der Waals surface area contributed by atoms with Crippen LogP contribution in [-0.2, 0) is 20.7 Å². The number of carbonyl (C=O) groups excluding carboxylic acids is 2. The predicted molar refractivity (Wildman–Crippen MR) is 108 cm³/mol. The molecule has 6 nitrogen and oxygen atoms in total. The Morgan fingerprint density at radius 3 is 2.86 bits per heavy atom. The zero-order valence-corrected chi connectivity index (χ0v) is 16.6. The van der Waals surface area contributed by atoms with Gasteiger partial charge < -0.3 is 15.0 Å². The van der Waals surface area contributed by atoms with Gasteiger partial charge in [0.25, 0.3) is 0 Å². The molecule has 4 rings (SSSR count). The summed E-state index contributed by atoms with van der Waals surface area (Å²) in [5.41, 5.74) is 1.83. The largest absolute Gasteiger partial charge is 0.379 e. The summed E-state index contributed by atoms with van der Waals surface area (Å²) in [6.07, 6.45) is 2.65. The van der Waals surface area contributed by atoms with Crippen LogP contribution < -0.4 is 5.32 Å². The number of aromatic nitrogens is 1. The van der Waals surface area contributed by atoms with E-state index in [1.54, 1.807) is 16.2 Å². The molecule has 1 N–H and O–H groups in total. The van der Waals surface area contributed by atoms with Crippen LogP contribution in [0.15, 0.2) is 35.7 Å². The Labute approximate surface area is 168 Å². The molecule has 7 heteroatoms. The summed E-state index contributed by atoms with van der Waals surface area (Å²) < 4.78 is 5.57. The third-order valence-electron chi connectivity index (χ3n) is 5.16. The molecule has 1 saturated heterocycles. The fourth-order valence-corrected chi connectivity index (χ4v) is 4.10. The second-order valence-corrected chi connectivity index (χ2v) is 8.35. The van der Waals surface area contributed by atoms with Gasteiger partial charge in [0.05, 0.1) is 31.2 Å². The molecule has 28 heavy (non-hydrogen) atoms. The number of amides is 2. The molecule has 0 radical (unpaired) electrons. The molecule has 1 unspecified atom stereocenters. The average Bonchev–Trinajstić information content (AvgIpc) is 3.49. The van der Waals surface area contributed by atoms with Gasteiger partial charge in [-0.25, -0.2) is 4.98 Å². The van der Waals surface area contributed by atoms with E-state index in [1.807, 2.05) is 35.7 Å². The predicted octanol–water partition coefficient (Wildman–Crippen LogP) is 2.35. The van der Waals surface area contributed by atoms with Crippen molar-refractivity contribution in [3.05, 3.63) is 41.4 Å². The maximum absolute atomic E-state index is 12.8. The lowest BCUT2D eigenvalue weighted by atomic mass is 10.1. The van der Waals surface area contributed by atoms with Gasteiger partial charge >= 0.3 is 0 Å². The molecule has 0 bridgehead atoms. The number of carbonyl (C=O) groups is 2. The standard InChI is InChI=1S/C21H25N3O3S/c25-19(10-18-14-28-21(23-18)16-4-2-1-3-5-16)24-8-9-27-13-17(12-24)20(26)22-11-15-6-7-15/h1-5,14-15,17H,6-13H2,(H,22,26). The van der Waals surface area contributed by atoms with Crippen LogP contribution in [-0.4, -0.2) is 54.5 Å². The van der Waals surface area contributed by atoms with Gasteiger partial charge in [-0.15, -0.1) is 11.3 Å². The molecule has 0 spiro atoms. The Bertz CT molecular complexity index is 819. The monoisotopic (exact) mass is 399 g/mol. The fraction of sp³-hybridized carbons (Fsp3) is 0.476. The zero-order chi connectivity index (χ0) is 19.3. The third-order valence-corrected chi connectivity index (χ3v) is 6.10. The topological polar surface area (TPSA) is 71.5 Å². The lowest BCUT2D eigenvalue weighted by Crippen LogP contribution is -2.42. The number of rotatable bonds is 6. The molecular formula is C21H25N3O3S. The van der Waals surface area contributed by atoms with Gasteiger partial charge in [-0.1, -0.05) is 30.3 Å². The SMILES string of the molecule is O=C(NCC1CC1)C1COCCN(C(=O)Cc2csc(-c3ccccc3)n2)C1.